The van der Waals surface area contributed by atoms with E-state index in [1.807, 2.05) is 0 Å². The van der Waals surface area contributed by atoms with Gasteiger partial charge in [-0.1, -0.05) is 23.4 Å². The van der Waals surface area contributed by atoms with Gasteiger partial charge in [-0.25, -0.2) is 4.79 Å². The number of aromatic nitrogens is 1. The van der Waals surface area contributed by atoms with Gasteiger partial charge in [-0.3, -0.25) is 0 Å². The fraction of sp³-hybridized carbons (Fsp3) is 0.200. The number of alkyl halides is 3. The van der Waals surface area contributed by atoms with Crippen LogP contribution >= 0.6 is 0 Å². The first kappa shape index (κ1) is 19.5. The molecule has 0 aliphatic rings. The number of carbonyl (C=O) groups is 1. The predicted octanol–water partition coefficient (Wildman–Crippen LogP) is 5.07. The zero-order valence-corrected chi connectivity index (χ0v) is 14.6. The van der Waals surface area contributed by atoms with Crippen molar-refractivity contribution in [3.05, 3.63) is 71.5 Å². The predicted molar refractivity (Wildman–Crippen MR) is 94.2 cm³/mol. The van der Waals surface area contributed by atoms with Gasteiger partial charge < -0.3 is 14.4 Å². The van der Waals surface area contributed by atoms with Crippen LogP contribution in [0, 0.1) is 0 Å². The molecule has 0 bridgehead atoms. The van der Waals surface area contributed by atoms with E-state index in [0.29, 0.717) is 42.2 Å². The lowest BCUT2D eigenvalue weighted by molar-refractivity contribution is -0.137. The highest BCUT2D eigenvalue weighted by Gasteiger charge is 2.30. The highest BCUT2D eigenvalue weighted by Crippen LogP contribution is 2.31. The van der Waals surface area contributed by atoms with Crippen LogP contribution in [0.2, 0.25) is 0 Å². The second kappa shape index (κ2) is 8.16. The Morgan fingerprint density at radius 1 is 1.11 bits per heavy atom. The van der Waals surface area contributed by atoms with E-state index < -0.39 is 17.7 Å². The molecule has 1 N–H and O–H groups in total. The van der Waals surface area contributed by atoms with Crippen LogP contribution in [-0.2, 0) is 12.6 Å². The van der Waals surface area contributed by atoms with Crippen molar-refractivity contribution in [2.45, 2.75) is 19.0 Å². The molecule has 2 aromatic carbocycles. The van der Waals surface area contributed by atoms with Crippen LogP contribution in [0.3, 0.4) is 0 Å². The Balaban J connectivity index is 1.52. The molecule has 0 aliphatic heterocycles. The fourth-order valence-electron chi connectivity index (χ4n) is 2.55. The molecule has 0 aliphatic carbocycles. The maximum Gasteiger partial charge on any atom is 0.416 e. The third-order valence-electron chi connectivity index (χ3n) is 3.98. The van der Waals surface area contributed by atoms with E-state index in [2.05, 4.69) is 5.16 Å². The van der Waals surface area contributed by atoms with E-state index in [1.54, 1.807) is 18.2 Å². The summed E-state index contributed by atoms with van der Waals surface area (Å²) in [5, 5.41) is 12.8. The molecule has 0 spiro atoms. The highest BCUT2D eigenvalue weighted by molar-refractivity contribution is 5.88. The van der Waals surface area contributed by atoms with Crippen molar-refractivity contribution >= 4 is 5.97 Å². The third kappa shape index (κ3) is 4.91. The van der Waals surface area contributed by atoms with Gasteiger partial charge in [0.25, 0.3) is 0 Å². The molecule has 146 valence electrons. The summed E-state index contributed by atoms with van der Waals surface area (Å²) >= 11 is 0. The number of rotatable bonds is 7. The summed E-state index contributed by atoms with van der Waals surface area (Å²) in [5.41, 5.74) is 0.418. The monoisotopic (exact) mass is 391 g/mol. The molecule has 0 saturated carbocycles. The summed E-state index contributed by atoms with van der Waals surface area (Å²) in [7, 11) is 0. The zero-order chi connectivity index (χ0) is 20.1. The summed E-state index contributed by atoms with van der Waals surface area (Å²) in [4.78, 5) is 10.9. The second-order valence-electron chi connectivity index (χ2n) is 6.04. The first-order chi connectivity index (χ1) is 13.3. The van der Waals surface area contributed by atoms with Crippen LogP contribution in [0.1, 0.15) is 28.1 Å². The van der Waals surface area contributed by atoms with Crippen molar-refractivity contribution in [3.8, 4) is 17.0 Å². The Bertz CT molecular complexity index is 949. The molecular weight excluding hydrogens is 375 g/mol. The second-order valence-corrected chi connectivity index (χ2v) is 6.04. The molecule has 0 unspecified atom stereocenters. The van der Waals surface area contributed by atoms with Gasteiger partial charge in [0.1, 0.15) is 17.2 Å². The molecule has 3 aromatic rings. The molecule has 1 aromatic heterocycles. The van der Waals surface area contributed by atoms with E-state index in [-0.39, 0.29) is 5.56 Å². The summed E-state index contributed by atoms with van der Waals surface area (Å²) in [6.45, 7) is 0.347. The van der Waals surface area contributed by atoms with E-state index in [0.717, 1.165) is 12.1 Å². The van der Waals surface area contributed by atoms with Crippen molar-refractivity contribution in [1.82, 2.24) is 5.16 Å². The molecule has 0 saturated heterocycles. The van der Waals surface area contributed by atoms with E-state index >= 15 is 0 Å². The van der Waals surface area contributed by atoms with Gasteiger partial charge in [-0.2, -0.15) is 13.2 Å². The lowest BCUT2D eigenvalue weighted by Crippen LogP contribution is -2.03. The molecule has 5 nitrogen and oxygen atoms in total. The van der Waals surface area contributed by atoms with Gasteiger partial charge in [0.15, 0.2) is 0 Å². The molecular formula is C20H16F3NO4. The van der Waals surface area contributed by atoms with Crippen LogP contribution in [0.4, 0.5) is 13.2 Å². The van der Waals surface area contributed by atoms with Crippen molar-refractivity contribution in [3.63, 3.8) is 0 Å². The number of aromatic carboxylic acids is 1. The van der Waals surface area contributed by atoms with E-state index in [9.17, 15) is 18.0 Å². The Morgan fingerprint density at radius 3 is 2.54 bits per heavy atom. The van der Waals surface area contributed by atoms with E-state index in [1.165, 1.54) is 24.3 Å². The van der Waals surface area contributed by atoms with Crippen LogP contribution in [-0.4, -0.2) is 22.8 Å². The standard InChI is InChI=1S/C20H16F3NO4/c21-20(22,23)15-8-6-13(7-9-15)18-12-17(28-24-18)5-2-10-27-16-4-1-3-14(11-16)19(25)26/h1,3-4,6-9,11-12H,2,5,10H2,(H,25,26). The molecule has 28 heavy (non-hydrogen) atoms. The third-order valence-corrected chi connectivity index (χ3v) is 3.98. The average molecular weight is 391 g/mol. The average Bonchev–Trinajstić information content (AvgIpc) is 3.14. The number of hydrogen-bond donors (Lipinski definition) is 1. The van der Waals surface area contributed by atoms with Crippen molar-refractivity contribution in [1.29, 1.82) is 0 Å². The number of benzene rings is 2. The number of carboxylic acids is 1. The summed E-state index contributed by atoms with van der Waals surface area (Å²) in [6.07, 6.45) is -3.26. The molecule has 8 heteroatoms. The van der Waals surface area contributed by atoms with Crippen LogP contribution in [0.5, 0.6) is 5.75 Å². The normalized spacial score (nSPS) is 11.4. The summed E-state index contributed by atoms with van der Waals surface area (Å²) in [6, 6.07) is 12.6. The fourth-order valence-corrected chi connectivity index (χ4v) is 2.55. The van der Waals surface area contributed by atoms with Gasteiger partial charge in [0.2, 0.25) is 0 Å². The molecule has 0 fully saturated rings. The van der Waals surface area contributed by atoms with Gasteiger partial charge >= 0.3 is 12.1 Å². The van der Waals surface area contributed by atoms with Crippen LogP contribution < -0.4 is 4.74 Å². The maximum atomic E-state index is 12.6. The summed E-state index contributed by atoms with van der Waals surface area (Å²) < 4.78 is 48.6. The highest BCUT2D eigenvalue weighted by atomic mass is 19.4. The maximum absolute atomic E-state index is 12.6. The van der Waals surface area contributed by atoms with E-state index in [4.69, 9.17) is 14.4 Å². The van der Waals surface area contributed by atoms with Crippen molar-refractivity contribution in [2.24, 2.45) is 0 Å². The topological polar surface area (TPSA) is 72.6 Å². The number of nitrogens with zero attached hydrogens (tertiary/aromatic N) is 1. The Labute approximate surface area is 158 Å². The molecule has 0 radical (unpaired) electrons. The smallest absolute Gasteiger partial charge is 0.416 e. The molecule has 1 heterocycles. The van der Waals surface area contributed by atoms with Gasteiger partial charge in [0, 0.05) is 18.1 Å². The Hall–Kier alpha value is -3.29. The minimum Gasteiger partial charge on any atom is -0.494 e. The molecule has 0 amide bonds. The number of hydrogen-bond acceptors (Lipinski definition) is 4. The lowest BCUT2D eigenvalue weighted by Gasteiger charge is -2.06. The Morgan fingerprint density at radius 2 is 1.86 bits per heavy atom. The first-order valence-electron chi connectivity index (χ1n) is 8.42. The quantitative estimate of drug-likeness (QED) is 0.569. The lowest BCUT2D eigenvalue weighted by atomic mass is 10.1. The molecule has 3 rings (SSSR count). The summed E-state index contributed by atoms with van der Waals surface area (Å²) in [5.74, 6) is 0.0172. The molecule has 0 atom stereocenters. The largest absolute Gasteiger partial charge is 0.494 e. The van der Waals surface area contributed by atoms with Gasteiger partial charge in [-0.15, -0.1) is 0 Å². The van der Waals surface area contributed by atoms with Gasteiger partial charge in [-0.05, 0) is 36.8 Å². The SMILES string of the molecule is O=C(O)c1cccc(OCCCc2cc(-c3ccc(C(F)(F)F)cc3)no2)c1. The number of aryl methyl sites for hydroxylation is 1. The van der Waals surface area contributed by atoms with Crippen LogP contribution in [0.25, 0.3) is 11.3 Å². The van der Waals surface area contributed by atoms with Gasteiger partial charge in [0.05, 0.1) is 17.7 Å². The van der Waals surface area contributed by atoms with Crippen molar-refractivity contribution < 1.29 is 32.3 Å². The number of carboxylic acid groups (broad SMARTS) is 1. The Kier molecular flexibility index (Phi) is 5.67. The zero-order valence-electron chi connectivity index (χ0n) is 14.6. The van der Waals surface area contributed by atoms with Crippen LogP contribution in [0.15, 0.2) is 59.1 Å². The minimum absolute atomic E-state index is 0.147. The minimum atomic E-state index is -4.38. The first-order valence-corrected chi connectivity index (χ1v) is 8.42. The number of halogens is 3. The number of ether oxygens (including phenoxy) is 1. The van der Waals surface area contributed by atoms with Crippen molar-refractivity contribution in [2.75, 3.05) is 6.61 Å².